The van der Waals surface area contributed by atoms with E-state index in [9.17, 15) is 10.2 Å². The molecule has 25 heavy (non-hydrogen) atoms. The normalized spacial score (nSPS) is 10.4. The van der Waals surface area contributed by atoms with Gasteiger partial charge >= 0.3 is 0 Å². The van der Waals surface area contributed by atoms with Crippen molar-refractivity contribution in [2.45, 2.75) is 4.90 Å². The van der Waals surface area contributed by atoms with Crippen molar-refractivity contribution in [3.05, 3.63) is 89.0 Å². The van der Waals surface area contributed by atoms with Gasteiger partial charge in [0.1, 0.15) is 11.5 Å². The van der Waals surface area contributed by atoms with Gasteiger partial charge in [0.05, 0.1) is 5.56 Å². The maximum Gasteiger partial charge on any atom is 0.131 e. The summed E-state index contributed by atoms with van der Waals surface area (Å²) < 4.78 is 0. The zero-order valence-corrected chi connectivity index (χ0v) is 14.2. The molecule has 122 valence electrons. The third-order valence-corrected chi connectivity index (χ3v) is 3.89. The van der Waals surface area contributed by atoms with E-state index in [1.54, 1.807) is 0 Å². The zero-order valence-electron chi connectivity index (χ0n) is 13.3. The summed E-state index contributed by atoms with van der Waals surface area (Å²) in [6.45, 7) is 0. The summed E-state index contributed by atoms with van der Waals surface area (Å²) in [7, 11) is 0. The first kappa shape index (κ1) is 16.8. The molecule has 0 atom stereocenters. The molecule has 0 saturated heterocycles. The van der Waals surface area contributed by atoms with Crippen LogP contribution in [0.1, 0.15) is 22.3 Å². The highest BCUT2D eigenvalue weighted by Crippen LogP contribution is 2.21. The predicted octanol–water partition coefficient (Wildman–Crippen LogP) is 4.96. The van der Waals surface area contributed by atoms with Crippen LogP contribution in [0.15, 0.2) is 71.6 Å². The Morgan fingerprint density at radius 1 is 0.720 bits per heavy atom. The Kier molecular flexibility index (Phi) is 5.13. The van der Waals surface area contributed by atoms with E-state index in [0.717, 1.165) is 21.6 Å². The number of hydrogen-bond acceptors (Lipinski definition) is 3. The van der Waals surface area contributed by atoms with Crippen molar-refractivity contribution in [2.75, 3.05) is 0 Å². The Balaban J connectivity index is 1.73. The van der Waals surface area contributed by atoms with Crippen LogP contribution in [-0.4, -0.2) is 10.2 Å². The van der Waals surface area contributed by atoms with Gasteiger partial charge in [-0.25, -0.2) is 0 Å². The number of rotatable bonds is 2. The average Bonchev–Trinajstić information content (AvgIpc) is 2.63. The molecule has 3 rings (SSSR count). The maximum absolute atomic E-state index is 9.72. The quantitative estimate of drug-likeness (QED) is 0.266. The highest BCUT2D eigenvalue weighted by atomic mass is 32.1. The van der Waals surface area contributed by atoms with Gasteiger partial charge in [-0.05, 0) is 53.6 Å². The minimum Gasteiger partial charge on any atom is -0.508 e. The number of phenolic OH excluding ortho intramolecular Hbond substituents is 2. The van der Waals surface area contributed by atoms with Gasteiger partial charge in [0, 0.05) is 10.5 Å². The summed E-state index contributed by atoms with van der Waals surface area (Å²) in [6, 6.07) is 20.0. The largest absolute Gasteiger partial charge is 0.508 e. The third-order valence-electron chi connectivity index (χ3n) is 3.59. The SMILES string of the molecule is Oc1ccc(O)c(C#Cc2ccc(/C=C/c3ccc(S)cc3)cc2)c1. The van der Waals surface area contributed by atoms with Crippen LogP contribution in [0.25, 0.3) is 12.2 Å². The highest BCUT2D eigenvalue weighted by Gasteiger charge is 1.98. The Bertz CT molecular complexity index is 960. The van der Waals surface area contributed by atoms with E-state index < -0.39 is 0 Å². The van der Waals surface area contributed by atoms with E-state index in [2.05, 4.69) is 24.5 Å². The molecule has 0 aliphatic rings. The lowest BCUT2D eigenvalue weighted by Crippen LogP contribution is -1.79. The lowest BCUT2D eigenvalue weighted by Gasteiger charge is -1.98. The lowest BCUT2D eigenvalue weighted by atomic mass is 10.1. The van der Waals surface area contributed by atoms with Crippen molar-refractivity contribution in [1.82, 2.24) is 0 Å². The number of benzene rings is 3. The first-order valence-electron chi connectivity index (χ1n) is 7.71. The molecule has 3 heteroatoms. The van der Waals surface area contributed by atoms with Crippen LogP contribution in [0, 0.1) is 11.8 Å². The van der Waals surface area contributed by atoms with Gasteiger partial charge in [-0.3, -0.25) is 0 Å². The monoisotopic (exact) mass is 344 g/mol. The van der Waals surface area contributed by atoms with Gasteiger partial charge in [-0.15, -0.1) is 12.6 Å². The molecule has 0 amide bonds. The summed E-state index contributed by atoms with van der Waals surface area (Å²) in [5.41, 5.74) is 3.41. The molecule has 3 aromatic rings. The van der Waals surface area contributed by atoms with Gasteiger partial charge < -0.3 is 10.2 Å². The molecule has 0 radical (unpaired) electrons. The fourth-order valence-corrected chi connectivity index (χ4v) is 2.37. The van der Waals surface area contributed by atoms with E-state index in [0.29, 0.717) is 5.56 Å². The molecule has 0 aromatic heterocycles. The smallest absolute Gasteiger partial charge is 0.131 e. The summed E-state index contributed by atoms with van der Waals surface area (Å²) in [6.07, 6.45) is 4.07. The van der Waals surface area contributed by atoms with Crippen molar-refractivity contribution in [2.24, 2.45) is 0 Å². The van der Waals surface area contributed by atoms with Crippen molar-refractivity contribution in [3.63, 3.8) is 0 Å². The van der Waals surface area contributed by atoms with Crippen LogP contribution in [0.4, 0.5) is 0 Å². The van der Waals surface area contributed by atoms with Crippen molar-refractivity contribution in [3.8, 4) is 23.3 Å². The van der Waals surface area contributed by atoms with Gasteiger partial charge in [0.15, 0.2) is 0 Å². The van der Waals surface area contributed by atoms with Crippen LogP contribution in [0.2, 0.25) is 0 Å². The third kappa shape index (κ3) is 4.69. The minimum atomic E-state index is 0.0529. The van der Waals surface area contributed by atoms with Crippen LogP contribution >= 0.6 is 12.6 Å². The van der Waals surface area contributed by atoms with E-state index in [1.165, 1.54) is 18.2 Å². The summed E-state index contributed by atoms with van der Waals surface area (Å²) in [4.78, 5) is 0.942. The second kappa shape index (κ2) is 7.65. The van der Waals surface area contributed by atoms with Crippen molar-refractivity contribution >= 4 is 24.8 Å². The molecule has 0 unspecified atom stereocenters. The molecule has 0 fully saturated rings. The predicted molar refractivity (Wildman–Crippen MR) is 105 cm³/mol. The topological polar surface area (TPSA) is 40.5 Å². The number of phenols is 2. The molecule has 2 N–H and O–H groups in total. The Labute approximate surface area is 152 Å². The number of hydrogen-bond donors (Lipinski definition) is 3. The molecule has 0 bridgehead atoms. The molecule has 0 spiro atoms. The van der Waals surface area contributed by atoms with Crippen LogP contribution in [0.5, 0.6) is 11.5 Å². The molecule has 0 aliphatic heterocycles. The molecule has 2 nitrogen and oxygen atoms in total. The van der Waals surface area contributed by atoms with Gasteiger partial charge in [0.2, 0.25) is 0 Å². The minimum absolute atomic E-state index is 0.0529. The molecular formula is C22H16O2S. The fraction of sp³-hybridized carbons (Fsp3) is 0. The van der Waals surface area contributed by atoms with E-state index in [4.69, 9.17) is 0 Å². The summed E-state index contributed by atoms with van der Waals surface area (Å²) in [5.74, 6) is 5.98. The van der Waals surface area contributed by atoms with E-state index in [-0.39, 0.29) is 11.5 Å². The molecule has 0 heterocycles. The summed E-state index contributed by atoms with van der Waals surface area (Å²) in [5, 5.41) is 19.2. The van der Waals surface area contributed by atoms with Crippen molar-refractivity contribution in [1.29, 1.82) is 0 Å². The van der Waals surface area contributed by atoms with Crippen LogP contribution in [0.3, 0.4) is 0 Å². The Morgan fingerprint density at radius 2 is 1.32 bits per heavy atom. The molecule has 0 aliphatic carbocycles. The van der Waals surface area contributed by atoms with Gasteiger partial charge in [0.25, 0.3) is 0 Å². The van der Waals surface area contributed by atoms with Gasteiger partial charge in [-0.2, -0.15) is 0 Å². The summed E-state index contributed by atoms with van der Waals surface area (Å²) >= 11 is 4.27. The Hall–Kier alpha value is -3.09. The second-order valence-electron chi connectivity index (χ2n) is 5.50. The highest BCUT2D eigenvalue weighted by molar-refractivity contribution is 7.80. The average molecular weight is 344 g/mol. The second-order valence-corrected chi connectivity index (χ2v) is 6.01. The van der Waals surface area contributed by atoms with E-state index in [1.807, 2.05) is 60.7 Å². The molecule has 0 saturated carbocycles. The first-order valence-corrected chi connectivity index (χ1v) is 8.16. The zero-order chi connectivity index (χ0) is 17.6. The van der Waals surface area contributed by atoms with E-state index >= 15 is 0 Å². The molecular weight excluding hydrogens is 328 g/mol. The number of aromatic hydroxyl groups is 2. The molecule has 3 aromatic carbocycles. The maximum atomic E-state index is 9.72. The van der Waals surface area contributed by atoms with Crippen molar-refractivity contribution < 1.29 is 10.2 Å². The standard InChI is InChI=1S/C22H16O2S/c23-20-11-14-22(24)19(15-20)10-7-17-4-1-16(2-5-17)3-6-18-8-12-21(25)13-9-18/h1-6,8-9,11-15,23-25H/b6-3+. The van der Waals surface area contributed by atoms with Gasteiger partial charge in [-0.1, -0.05) is 48.3 Å². The van der Waals surface area contributed by atoms with Crippen LogP contribution < -0.4 is 0 Å². The lowest BCUT2D eigenvalue weighted by molar-refractivity contribution is 0.459. The number of thiol groups is 1. The Morgan fingerprint density at radius 3 is 1.96 bits per heavy atom. The first-order chi connectivity index (χ1) is 12.1. The fourth-order valence-electron chi connectivity index (χ4n) is 2.22. The van der Waals surface area contributed by atoms with Crippen LogP contribution in [-0.2, 0) is 0 Å².